The Morgan fingerprint density at radius 2 is 1.67 bits per heavy atom. The molecule has 0 amide bonds. The molecule has 5 heteroatoms. The number of nitrogens with zero attached hydrogens (tertiary/aromatic N) is 1. The molecule has 0 aromatic heterocycles. The van der Waals surface area contributed by atoms with Gasteiger partial charge in [0.2, 0.25) is 0 Å². The summed E-state index contributed by atoms with van der Waals surface area (Å²) in [5, 5.41) is 0. The van der Waals surface area contributed by atoms with Gasteiger partial charge in [-0.15, -0.1) is 0 Å². The van der Waals surface area contributed by atoms with Crippen molar-refractivity contribution in [2.45, 2.75) is 12.5 Å². The fourth-order valence-corrected chi connectivity index (χ4v) is 2.67. The minimum absolute atomic E-state index is 0.727. The second-order valence-electron chi connectivity index (χ2n) is 2.35. The van der Waals surface area contributed by atoms with Gasteiger partial charge in [0.05, 0.1) is 0 Å². The van der Waals surface area contributed by atoms with Gasteiger partial charge in [-0.2, -0.15) is 0 Å². The lowest BCUT2D eigenvalue weighted by Crippen LogP contribution is -2.42. The van der Waals surface area contributed by atoms with E-state index in [1.165, 1.54) is 0 Å². The lowest BCUT2D eigenvalue weighted by molar-refractivity contribution is 0.123. The van der Waals surface area contributed by atoms with Crippen LogP contribution >= 0.6 is 0 Å². The monoisotopic (exact) mass is 191 g/mol. The van der Waals surface area contributed by atoms with E-state index in [0.29, 0.717) is 0 Å². The standard InChI is InChI=1S/C7H17NO3Si/c1-8-6-5-7-12(9-2,10-3)11-4/h1,5-7H2,2-4H3. The molecule has 12 heavy (non-hydrogen) atoms. The topological polar surface area (TPSA) is 40.0 Å². The van der Waals surface area contributed by atoms with E-state index >= 15 is 0 Å². The van der Waals surface area contributed by atoms with Gasteiger partial charge in [0.1, 0.15) is 0 Å². The second kappa shape index (κ2) is 6.30. The van der Waals surface area contributed by atoms with Crippen LogP contribution in [-0.2, 0) is 13.3 Å². The van der Waals surface area contributed by atoms with Crippen LogP contribution in [0.15, 0.2) is 4.99 Å². The molecule has 0 N–H and O–H groups in total. The van der Waals surface area contributed by atoms with Crippen LogP contribution in [0.5, 0.6) is 0 Å². The Labute approximate surface area is 74.9 Å². The summed E-state index contributed by atoms with van der Waals surface area (Å²) in [6, 6.07) is 0.787. The quantitative estimate of drug-likeness (QED) is 0.342. The Hall–Kier alpha value is -0.233. The molecule has 0 aliphatic rings. The SMILES string of the molecule is C=NCCC[Si](OC)(OC)OC. The van der Waals surface area contributed by atoms with E-state index in [4.69, 9.17) is 13.3 Å². The fraction of sp³-hybridized carbons (Fsp3) is 0.857. The molecule has 0 radical (unpaired) electrons. The lowest BCUT2D eigenvalue weighted by Gasteiger charge is -2.23. The molecule has 0 spiro atoms. The summed E-state index contributed by atoms with van der Waals surface area (Å²) in [6.45, 7) is 4.13. The summed E-state index contributed by atoms with van der Waals surface area (Å²) < 4.78 is 15.6. The molecule has 0 heterocycles. The van der Waals surface area contributed by atoms with E-state index in [-0.39, 0.29) is 0 Å². The van der Waals surface area contributed by atoms with Crippen LogP contribution in [0.2, 0.25) is 6.04 Å². The number of hydrogen-bond donors (Lipinski definition) is 0. The predicted octanol–water partition coefficient (Wildman–Crippen LogP) is 0.955. The van der Waals surface area contributed by atoms with Gasteiger partial charge in [-0.25, -0.2) is 0 Å². The molecule has 0 rings (SSSR count). The molecule has 0 atom stereocenters. The molecular formula is C7H17NO3Si. The summed E-state index contributed by atoms with van der Waals surface area (Å²) in [7, 11) is 2.49. The van der Waals surface area contributed by atoms with Gasteiger partial charge in [-0.3, -0.25) is 0 Å². The minimum Gasteiger partial charge on any atom is -0.377 e. The van der Waals surface area contributed by atoms with E-state index in [1.807, 2.05) is 0 Å². The molecular weight excluding hydrogens is 174 g/mol. The van der Waals surface area contributed by atoms with Gasteiger partial charge in [0.25, 0.3) is 0 Å². The van der Waals surface area contributed by atoms with E-state index in [9.17, 15) is 0 Å². The van der Waals surface area contributed by atoms with Crippen LogP contribution in [0.25, 0.3) is 0 Å². The molecule has 0 fully saturated rings. The third-order valence-corrected chi connectivity index (χ3v) is 4.56. The largest absolute Gasteiger partial charge is 0.500 e. The molecule has 0 aromatic rings. The Bertz CT molecular complexity index is 120. The summed E-state index contributed by atoms with van der Waals surface area (Å²) in [5.41, 5.74) is 0. The van der Waals surface area contributed by atoms with Gasteiger partial charge >= 0.3 is 8.80 Å². The Morgan fingerprint density at radius 1 is 1.17 bits per heavy atom. The fourth-order valence-electron chi connectivity index (χ4n) is 0.964. The van der Waals surface area contributed by atoms with Crippen molar-refractivity contribution in [1.82, 2.24) is 0 Å². The van der Waals surface area contributed by atoms with E-state index in [0.717, 1.165) is 19.0 Å². The van der Waals surface area contributed by atoms with Crippen molar-refractivity contribution >= 4 is 15.5 Å². The highest BCUT2D eigenvalue weighted by atomic mass is 28.4. The minimum atomic E-state index is -2.34. The maximum Gasteiger partial charge on any atom is 0.500 e. The average Bonchev–Trinajstić information content (AvgIpc) is 2.14. The van der Waals surface area contributed by atoms with Crippen molar-refractivity contribution in [1.29, 1.82) is 0 Å². The van der Waals surface area contributed by atoms with Crippen LogP contribution in [0.3, 0.4) is 0 Å². The van der Waals surface area contributed by atoms with E-state index in [1.54, 1.807) is 21.3 Å². The molecule has 0 saturated carbocycles. The van der Waals surface area contributed by atoms with Crippen molar-refractivity contribution in [3.8, 4) is 0 Å². The lowest BCUT2D eigenvalue weighted by atomic mass is 10.5. The van der Waals surface area contributed by atoms with Crippen LogP contribution < -0.4 is 0 Å². The first-order valence-electron chi connectivity index (χ1n) is 3.82. The van der Waals surface area contributed by atoms with Crippen molar-refractivity contribution in [2.75, 3.05) is 27.9 Å². The first kappa shape index (κ1) is 11.8. The third kappa shape index (κ3) is 3.44. The Balaban J connectivity index is 3.84. The summed E-state index contributed by atoms with van der Waals surface area (Å²) in [6.07, 6.45) is 0.894. The van der Waals surface area contributed by atoms with Gasteiger partial charge < -0.3 is 18.3 Å². The summed E-state index contributed by atoms with van der Waals surface area (Å²) in [5.74, 6) is 0. The van der Waals surface area contributed by atoms with Gasteiger partial charge in [-0.05, 0) is 13.1 Å². The average molecular weight is 191 g/mol. The highest BCUT2D eigenvalue weighted by molar-refractivity contribution is 6.60. The molecule has 72 valence electrons. The van der Waals surface area contributed by atoms with Crippen molar-refractivity contribution < 1.29 is 13.3 Å². The molecule has 0 saturated heterocycles. The Morgan fingerprint density at radius 3 is 2.00 bits per heavy atom. The molecule has 0 aliphatic carbocycles. The highest BCUT2D eigenvalue weighted by Gasteiger charge is 2.36. The first-order chi connectivity index (χ1) is 5.74. The predicted molar refractivity (Wildman–Crippen MR) is 50.6 cm³/mol. The van der Waals surface area contributed by atoms with Gasteiger partial charge in [0.15, 0.2) is 0 Å². The normalized spacial score (nSPS) is 11.6. The molecule has 0 aromatic carbocycles. The van der Waals surface area contributed by atoms with Crippen LogP contribution in [0.4, 0.5) is 0 Å². The van der Waals surface area contributed by atoms with Crippen molar-refractivity contribution in [3.05, 3.63) is 0 Å². The molecule has 4 nitrogen and oxygen atoms in total. The molecule has 0 bridgehead atoms. The van der Waals surface area contributed by atoms with Gasteiger partial charge in [-0.1, -0.05) is 0 Å². The summed E-state index contributed by atoms with van der Waals surface area (Å²) in [4.78, 5) is 3.75. The number of aliphatic imine (C=N–C) groups is 1. The first-order valence-corrected chi connectivity index (χ1v) is 5.75. The molecule has 0 aliphatic heterocycles. The van der Waals surface area contributed by atoms with Crippen molar-refractivity contribution in [3.63, 3.8) is 0 Å². The van der Waals surface area contributed by atoms with Crippen LogP contribution in [0, 0.1) is 0 Å². The highest BCUT2D eigenvalue weighted by Crippen LogP contribution is 2.14. The molecule has 0 unspecified atom stereocenters. The zero-order chi connectivity index (χ0) is 9.45. The third-order valence-electron chi connectivity index (χ3n) is 1.73. The van der Waals surface area contributed by atoms with Gasteiger partial charge in [0, 0.05) is 33.9 Å². The maximum atomic E-state index is 5.22. The van der Waals surface area contributed by atoms with E-state index < -0.39 is 8.80 Å². The second-order valence-corrected chi connectivity index (χ2v) is 5.44. The Kier molecular flexibility index (Phi) is 6.18. The maximum absolute atomic E-state index is 5.22. The number of rotatable bonds is 7. The zero-order valence-corrected chi connectivity index (χ0v) is 9.00. The zero-order valence-electron chi connectivity index (χ0n) is 8.00. The number of hydrogen-bond acceptors (Lipinski definition) is 4. The summed E-state index contributed by atoms with van der Waals surface area (Å²) >= 11 is 0. The smallest absolute Gasteiger partial charge is 0.377 e. The van der Waals surface area contributed by atoms with E-state index in [2.05, 4.69) is 11.7 Å². The van der Waals surface area contributed by atoms with Crippen molar-refractivity contribution in [2.24, 2.45) is 4.99 Å². The van der Waals surface area contributed by atoms with Crippen LogP contribution in [-0.4, -0.2) is 43.4 Å². The van der Waals surface area contributed by atoms with Crippen LogP contribution in [0.1, 0.15) is 6.42 Å².